The number of urea groups is 1. The van der Waals surface area contributed by atoms with Crippen molar-refractivity contribution in [1.29, 1.82) is 5.26 Å². The van der Waals surface area contributed by atoms with Crippen LogP contribution in [0.1, 0.15) is 36.8 Å². The van der Waals surface area contributed by atoms with Gasteiger partial charge in [-0.3, -0.25) is 9.58 Å². The van der Waals surface area contributed by atoms with E-state index >= 15 is 0 Å². The monoisotopic (exact) mass is 540 g/mol. The fourth-order valence-electron chi connectivity index (χ4n) is 4.90. The van der Waals surface area contributed by atoms with Gasteiger partial charge in [-0.15, -0.1) is 0 Å². The molecule has 1 fully saturated rings. The number of halogens is 1. The maximum Gasteiger partial charge on any atom is 0.322 e. The summed E-state index contributed by atoms with van der Waals surface area (Å²) in [5.41, 5.74) is 4.22. The fraction of sp³-hybridized carbons (Fsp3) is 0.276. The van der Waals surface area contributed by atoms with Crippen LogP contribution >= 0.6 is 11.6 Å². The summed E-state index contributed by atoms with van der Waals surface area (Å²) in [6, 6.07) is 20.0. The first kappa shape index (κ1) is 26.2. The van der Waals surface area contributed by atoms with Crippen LogP contribution in [0.15, 0.2) is 73.2 Å². The third-order valence-corrected chi connectivity index (χ3v) is 7.23. The minimum Gasteiger partial charge on any atom is -0.351 e. The SMILES string of the molecule is Cn1cc(-c2ccc(N(C(=O)NCc3ccccc3)[C@H]3CC[C@H](Nc4ncc(C#N)c(Cl)n4)CC3)cc2)cn1. The predicted molar refractivity (Wildman–Crippen MR) is 151 cm³/mol. The molecule has 0 unspecified atom stereocenters. The third-order valence-electron chi connectivity index (χ3n) is 6.95. The van der Waals surface area contributed by atoms with Crippen LogP contribution in [-0.4, -0.2) is 37.9 Å². The van der Waals surface area contributed by atoms with Crippen molar-refractivity contribution < 1.29 is 4.79 Å². The summed E-state index contributed by atoms with van der Waals surface area (Å²) in [5, 5.41) is 19.9. The molecular weight excluding hydrogens is 512 g/mol. The second-order valence-corrected chi connectivity index (χ2v) is 9.98. The number of aryl methyl sites for hydroxylation is 1. The molecule has 2 aromatic carbocycles. The van der Waals surface area contributed by atoms with Gasteiger partial charge in [0.25, 0.3) is 0 Å². The molecule has 0 spiro atoms. The average molecular weight is 541 g/mol. The minimum absolute atomic E-state index is 0.0357. The first-order valence-corrected chi connectivity index (χ1v) is 13.3. The van der Waals surface area contributed by atoms with Crippen LogP contribution in [0.5, 0.6) is 0 Å². The summed E-state index contributed by atoms with van der Waals surface area (Å²) < 4.78 is 1.77. The van der Waals surface area contributed by atoms with Gasteiger partial charge in [-0.1, -0.05) is 54.1 Å². The van der Waals surface area contributed by atoms with E-state index in [0.717, 1.165) is 48.1 Å². The van der Waals surface area contributed by atoms with E-state index in [4.69, 9.17) is 16.9 Å². The number of amides is 2. The van der Waals surface area contributed by atoms with E-state index in [1.165, 1.54) is 6.20 Å². The highest BCUT2D eigenvalue weighted by atomic mass is 35.5. The molecule has 10 heteroatoms. The van der Waals surface area contributed by atoms with Gasteiger partial charge >= 0.3 is 6.03 Å². The van der Waals surface area contributed by atoms with Crippen LogP contribution in [0.4, 0.5) is 16.4 Å². The summed E-state index contributed by atoms with van der Waals surface area (Å²) in [5.74, 6) is 0.408. The third kappa shape index (κ3) is 6.36. The number of anilines is 2. The number of nitriles is 1. The van der Waals surface area contributed by atoms with Gasteiger partial charge in [-0.2, -0.15) is 15.3 Å². The number of nitrogens with one attached hydrogen (secondary N) is 2. The van der Waals surface area contributed by atoms with Crippen LogP contribution in [0.2, 0.25) is 5.15 Å². The molecule has 2 aromatic heterocycles. The summed E-state index contributed by atoms with van der Waals surface area (Å²) in [6.45, 7) is 0.456. The molecule has 198 valence electrons. The second-order valence-electron chi connectivity index (χ2n) is 9.62. The molecule has 2 heterocycles. The van der Waals surface area contributed by atoms with E-state index in [2.05, 4.69) is 25.7 Å². The lowest BCUT2D eigenvalue weighted by Gasteiger charge is -2.37. The van der Waals surface area contributed by atoms with Gasteiger partial charge in [0, 0.05) is 43.1 Å². The zero-order valence-electron chi connectivity index (χ0n) is 21.6. The van der Waals surface area contributed by atoms with E-state index in [9.17, 15) is 4.79 Å². The number of carbonyl (C=O) groups is 1. The van der Waals surface area contributed by atoms with Gasteiger partial charge in [-0.25, -0.2) is 9.78 Å². The Hall–Kier alpha value is -4.42. The van der Waals surface area contributed by atoms with Crippen molar-refractivity contribution in [3.63, 3.8) is 0 Å². The molecule has 2 amide bonds. The molecule has 0 saturated heterocycles. The topological polar surface area (TPSA) is 112 Å². The Kier molecular flexibility index (Phi) is 8.04. The number of hydrogen-bond acceptors (Lipinski definition) is 6. The minimum atomic E-state index is -0.119. The van der Waals surface area contributed by atoms with Crippen molar-refractivity contribution in [3.8, 4) is 17.2 Å². The average Bonchev–Trinajstić information content (AvgIpc) is 3.40. The van der Waals surface area contributed by atoms with Crippen LogP contribution < -0.4 is 15.5 Å². The van der Waals surface area contributed by atoms with Crippen molar-refractivity contribution in [2.24, 2.45) is 7.05 Å². The number of aromatic nitrogens is 4. The lowest BCUT2D eigenvalue weighted by Crippen LogP contribution is -2.48. The molecule has 2 N–H and O–H groups in total. The molecule has 1 aliphatic carbocycles. The summed E-state index contributed by atoms with van der Waals surface area (Å²) in [4.78, 5) is 23.9. The largest absolute Gasteiger partial charge is 0.351 e. The van der Waals surface area contributed by atoms with Crippen molar-refractivity contribution >= 4 is 29.3 Å². The van der Waals surface area contributed by atoms with Gasteiger partial charge in [0.1, 0.15) is 11.6 Å². The molecule has 0 radical (unpaired) electrons. The normalized spacial score (nSPS) is 16.7. The first-order valence-electron chi connectivity index (χ1n) is 12.9. The van der Waals surface area contributed by atoms with E-state index in [0.29, 0.717) is 12.5 Å². The summed E-state index contributed by atoms with van der Waals surface area (Å²) in [6.07, 6.45) is 8.52. The van der Waals surface area contributed by atoms with Crippen molar-refractivity contribution in [2.45, 2.75) is 44.3 Å². The van der Waals surface area contributed by atoms with Gasteiger partial charge in [0.2, 0.25) is 5.95 Å². The zero-order valence-corrected chi connectivity index (χ0v) is 22.3. The molecular formula is C29H29ClN8O. The van der Waals surface area contributed by atoms with Crippen molar-refractivity contribution in [2.75, 3.05) is 10.2 Å². The highest BCUT2D eigenvalue weighted by Crippen LogP contribution is 2.31. The Bertz CT molecular complexity index is 1460. The van der Waals surface area contributed by atoms with Gasteiger partial charge < -0.3 is 10.6 Å². The second kappa shape index (κ2) is 12.0. The molecule has 0 atom stereocenters. The molecule has 39 heavy (non-hydrogen) atoms. The molecule has 0 bridgehead atoms. The Labute approximate surface area is 232 Å². The van der Waals surface area contributed by atoms with Crippen LogP contribution in [0, 0.1) is 11.3 Å². The first-order chi connectivity index (χ1) is 19.0. The molecule has 9 nitrogen and oxygen atoms in total. The highest BCUT2D eigenvalue weighted by Gasteiger charge is 2.30. The molecule has 0 aliphatic heterocycles. The lowest BCUT2D eigenvalue weighted by molar-refractivity contribution is 0.240. The quantitative estimate of drug-likeness (QED) is 0.298. The van der Waals surface area contributed by atoms with Crippen molar-refractivity contribution in [1.82, 2.24) is 25.1 Å². The van der Waals surface area contributed by atoms with E-state index in [1.807, 2.05) is 85.0 Å². The number of benzene rings is 2. The van der Waals surface area contributed by atoms with E-state index in [1.54, 1.807) is 4.68 Å². The summed E-state index contributed by atoms with van der Waals surface area (Å²) >= 11 is 6.07. The highest BCUT2D eigenvalue weighted by molar-refractivity contribution is 6.30. The number of carbonyl (C=O) groups excluding carboxylic acids is 1. The van der Waals surface area contributed by atoms with E-state index in [-0.39, 0.29) is 28.8 Å². The maximum atomic E-state index is 13.6. The maximum absolute atomic E-state index is 13.6. The van der Waals surface area contributed by atoms with Gasteiger partial charge in [0.15, 0.2) is 5.15 Å². The number of nitrogens with zero attached hydrogens (tertiary/aromatic N) is 6. The molecule has 4 aromatic rings. The smallest absolute Gasteiger partial charge is 0.322 e. The zero-order chi connectivity index (χ0) is 27.2. The van der Waals surface area contributed by atoms with Gasteiger partial charge in [0.05, 0.1) is 12.4 Å². The van der Waals surface area contributed by atoms with Crippen LogP contribution in [0.3, 0.4) is 0 Å². The molecule has 1 saturated carbocycles. The Balaban J connectivity index is 1.30. The number of rotatable bonds is 7. The van der Waals surface area contributed by atoms with E-state index < -0.39 is 0 Å². The standard InChI is InChI=1S/C29H29ClN8O/c1-37-19-23(18-34-37)21-7-11-25(12-8-21)38(29(39)33-16-20-5-3-2-4-6-20)26-13-9-24(10-14-26)35-28-32-17-22(15-31)27(30)36-28/h2-8,11-12,17-19,24,26H,9-10,13-14,16H2,1H3,(H,33,39)(H,32,35,36)/t24-,26-. The fourth-order valence-corrected chi connectivity index (χ4v) is 5.07. The Morgan fingerprint density at radius 1 is 1.08 bits per heavy atom. The molecule has 5 rings (SSSR count). The van der Waals surface area contributed by atoms with Crippen LogP contribution in [0.25, 0.3) is 11.1 Å². The van der Waals surface area contributed by atoms with Crippen LogP contribution in [-0.2, 0) is 13.6 Å². The van der Waals surface area contributed by atoms with Crippen molar-refractivity contribution in [3.05, 3.63) is 89.5 Å². The predicted octanol–water partition coefficient (Wildman–Crippen LogP) is 5.54. The van der Waals surface area contributed by atoms with Gasteiger partial charge in [-0.05, 0) is 48.9 Å². The summed E-state index contributed by atoms with van der Waals surface area (Å²) in [7, 11) is 1.89. The lowest BCUT2D eigenvalue weighted by atomic mass is 9.90. The number of hydrogen-bond donors (Lipinski definition) is 2. The Morgan fingerprint density at radius 3 is 2.46 bits per heavy atom. The molecule has 1 aliphatic rings. The Morgan fingerprint density at radius 2 is 1.82 bits per heavy atom.